The Balaban J connectivity index is 0.000000598. The summed E-state index contributed by atoms with van der Waals surface area (Å²) in [6.07, 6.45) is 5.87. The molecule has 0 aromatic heterocycles. The first kappa shape index (κ1) is 20.9. The average Bonchev–Trinajstić information content (AvgIpc) is 2.49. The van der Waals surface area contributed by atoms with Gasteiger partial charge in [-0.3, -0.25) is 0 Å². The van der Waals surface area contributed by atoms with Crippen molar-refractivity contribution in [1.29, 1.82) is 0 Å². The van der Waals surface area contributed by atoms with Gasteiger partial charge in [-0.15, -0.1) is 0 Å². The van der Waals surface area contributed by atoms with Gasteiger partial charge in [0.25, 0.3) is 0 Å². The molecular weight excluding hydrogens is 256 g/mol. The summed E-state index contributed by atoms with van der Waals surface area (Å²) in [6, 6.07) is 0. The van der Waals surface area contributed by atoms with E-state index in [1.54, 1.807) is 0 Å². The maximum Gasteiger partial charge on any atom is 0.00204 e. The highest BCUT2D eigenvalue weighted by atomic mass is 15.1. The van der Waals surface area contributed by atoms with Gasteiger partial charge in [-0.25, -0.2) is 0 Å². The number of hydrogen-bond acceptors (Lipinski definition) is 2. The molecule has 1 aliphatic carbocycles. The Hall–Kier alpha value is -0.0800. The number of hydrogen-bond donors (Lipinski definition) is 1. The molecule has 1 N–H and O–H groups in total. The molecule has 1 spiro atoms. The second-order valence-corrected chi connectivity index (χ2v) is 6.36. The van der Waals surface area contributed by atoms with Crippen LogP contribution < -0.4 is 5.32 Å². The second kappa shape index (κ2) is 11.5. The van der Waals surface area contributed by atoms with Crippen LogP contribution in [0, 0.1) is 17.3 Å². The molecule has 0 aromatic carbocycles. The van der Waals surface area contributed by atoms with Crippen LogP contribution in [0.3, 0.4) is 0 Å². The van der Waals surface area contributed by atoms with Crippen molar-refractivity contribution in [2.24, 2.45) is 17.3 Å². The van der Waals surface area contributed by atoms with Crippen LogP contribution in [0.5, 0.6) is 0 Å². The van der Waals surface area contributed by atoms with Crippen LogP contribution >= 0.6 is 0 Å². The lowest BCUT2D eigenvalue weighted by atomic mass is 9.58. The Morgan fingerprint density at radius 3 is 1.76 bits per heavy atom. The summed E-state index contributed by atoms with van der Waals surface area (Å²) in [7, 11) is 0. The topological polar surface area (TPSA) is 15.3 Å². The zero-order chi connectivity index (χ0) is 16.3. The number of piperidine rings is 1. The van der Waals surface area contributed by atoms with Gasteiger partial charge in [0.15, 0.2) is 0 Å². The number of rotatable bonds is 2. The number of likely N-dealkylation sites (tertiary alicyclic amines) is 1. The third-order valence-electron chi connectivity index (χ3n) is 4.84. The Kier molecular flexibility index (Phi) is 11.4. The van der Waals surface area contributed by atoms with Crippen molar-refractivity contribution in [3.63, 3.8) is 0 Å². The molecule has 3 rings (SSSR count). The van der Waals surface area contributed by atoms with Crippen LogP contribution in [-0.2, 0) is 0 Å². The monoisotopic (exact) mass is 298 g/mol. The molecule has 0 unspecified atom stereocenters. The maximum absolute atomic E-state index is 3.42. The predicted molar refractivity (Wildman–Crippen MR) is 96.9 cm³/mol. The fourth-order valence-electron chi connectivity index (χ4n) is 3.67. The third kappa shape index (κ3) is 6.28. The fourth-order valence-corrected chi connectivity index (χ4v) is 3.67. The summed E-state index contributed by atoms with van der Waals surface area (Å²) in [6.45, 7) is 21.1. The van der Waals surface area contributed by atoms with Crippen molar-refractivity contribution in [3.8, 4) is 0 Å². The Labute approximate surface area is 135 Å². The van der Waals surface area contributed by atoms with E-state index in [4.69, 9.17) is 0 Å². The normalized spacial score (nSPS) is 24.1. The first-order chi connectivity index (χ1) is 10.3. The van der Waals surface area contributed by atoms with Crippen molar-refractivity contribution >= 4 is 0 Å². The molecule has 128 valence electrons. The zero-order valence-electron chi connectivity index (χ0n) is 16.0. The van der Waals surface area contributed by atoms with Gasteiger partial charge in [0.05, 0.1) is 0 Å². The largest absolute Gasteiger partial charge is 0.316 e. The first-order valence-electron chi connectivity index (χ1n) is 9.69. The van der Waals surface area contributed by atoms with E-state index in [2.05, 4.69) is 17.1 Å². The standard InChI is InChI=1S/C13H24N2.3C2H6/c1-11-2-4-15(5-3-11)8-12-6-13(7-12)9-14-10-13;3*1-2/h11-12,14H,2-10H2,1H3;3*1-2H3. The van der Waals surface area contributed by atoms with E-state index in [1.807, 2.05) is 41.5 Å². The van der Waals surface area contributed by atoms with Crippen LogP contribution in [-0.4, -0.2) is 37.6 Å². The van der Waals surface area contributed by atoms with Crippen LogP contribution in [0.4, 0.5) is 0 Å². The highest BCUT2D eigenvalue weighted by molar-refractivity contribution is 5.03. The molecule has 1 saturated carbocycles. The summed E-state index contributed by atoms with van der Waals surface area (Å²) >= 11 is 0. The summed E-state index contributed by atoms with van der Waals surface area (Å²) in [5, 5.41) is 3.42. The number of nitrogens with zero attached hydrogens (tertiary/aromatic N) is 1. The molecule has 0 atom stereocenters. The molecule has 0 bridgehead atoms. The minimum atomic E-state index is 0.772. The third-order valence-corrected chi connectivity index (χ3v) is 4.84. The molecule has 2 saturated heterocycles. The summed E-state index contributed by atoms with van der Waals surface area (Å²) < 4.78 is 0. The molecule has 2 heterocycles. The smallest absolute Gasteiger partial charge is 0.00204 e. The predicted octanol–water partition coefficient (Wildman–Crippen LogP) is 4.80. The van der Waals surface area contributed by atoms with Gasteiger partial charge in [0.2, 0.25) is 0 Å². The first-order valence-corrected chi connectivity index (χ1v) is 9.69. The Bertz CT molecular complexity index is 220. The summed E-state index contributed by atoms with van der Waals surface area (Å²) in [5.74, 6) is 2.00. The van der Waals surface area contributed by atoms with E-state index in [9.17, 15) is 0 Å². The fraction of sp³-hybridized carbons (Fsp3) is 1.00. The van der Waals surface area contributed by atoms with E-state index in [1.165, 1.54) is 58.4 Å². The molecule has 3 aliphatic rings. The lowest BCUT2D eigenvalue weighted by Crippen LogP contribution is -2.61. The van der Waals surface area contributed by atoms with E-state index in [0.29, 0.717) is 0 Å². The van der Waals surface area contributed by atoms with E-state index >= 15 is 0 Å². The maximum atomic E-state index is 3.42. The molecule has 0 aromatic rings. The SMILES string of the molecule is CC.CC.CC.CC1CCN(CC2CC3(CNC3)C2)CC1. The Morgan fingerprint density at radius 2 is 1.38 bits per heavy atom. The highest BCUT2D eigenvalue weighted by Gasteiger charge is 2.48. The van der Waals surface area contributed by atoms with Crippen molar-refractivity contribution in [3.05, 3.63) is 0 Å². The molecule has 0 amide bonds. The second-order valence-electron chi connectivity index (χ2n) is 6.36. The molecule has 2 nitrogen and oxygen atoms in total. The van der Waals surface area contributed by atoms with Crippen LogP contribution in [0.25, 0.3) is 0 Å². The van der Waals surface area contributed by atoms with Crippen LogP contribution in [0.1, 0.15) is 74.1 Å². The van der Waals surface area contributed by atoms with Crippen molar-refractivity contribution in [2.75, 3.05) is 32.7 Å². The molecule has 2 heteroatoms. The quantitative estimate of drug-likeness (QED) is 0.788. The molecule has 3 fully saturated rings. The lowest BCUT2D eigenvalue weighted by molar-refractivity contribution is -0.0193. The molecule has 0 radical (unpaired) electrons. The minimum absolute atomic E-state index is 0.772. The molecular formula is C19H42N2. The van der Waals surface area contributed by atoms with E-state index < -0.39 is 0 Å². The van der Waals surface area contributed by atoms with Gasteiger partial charge in [-0.2, -0.15) is 0 Å². The Morgan fingerprint density at radius 1 is 0.905 bits per heavy atom. The minimum Gasteiger partial charge on any atom is -0.316 e. The molecule has 21 heavy (non-hydrogen) atoms. The van der Waals surface area contributed by atoms with Crippen molar-refractivity contribution in [2.45, 2.75) is 74.1 Å². The average molecular weight is 299 g/mol. The van der Waals surface area contributed by atoms with Crippen LogP contribution in [0.2, 0.25) is 0 Å². The van der Waals surface area contributed by atoms with Gasteiger partial charge in [-0.05, 0) is 56.0 Å². The van der Waals surface area contributed by atoms with Gasteiger partial charge >= 0.3 is 0 Å². The zero-order valence-corrected chi connectivity index (χ0v) is 16.0. The van der Waals surface area contributed by atoms with Crippen molar-refractivity contribution in [1.82, 2.24) is 10.2 Å². The molecule has 2 aliphatic heterocycles. The van der Waals surface area contributed by atoms with Gasteiger partial charge < -0.3 is 10.2 Å². The summed E-state index contributed by atoms with van der Waals surface area (Å²) in [5.41, 5.74) is 0.772. The summed E-state index contributed by atoms with van der Waals surface area (Å²) in [4.78, 5) is 2.71. The highest BCUT2D eigenvalue weighted by Crippen LogP contribution is 2.48. The lowest BCUT2D eigenvalue weighted by Gasteiger charge is -2.55. The van der Waals surface area contributed by atoms with Gasteiger partial charge in [-0.1, -0.05) is 48.5 Å². The van der Waals surface area contributed by atoms with Gasteiger partial charge in [0.1, 0.15) is 0 Å². The van der Waals surface area contributed by atoms with Crippen molar-refractivity contribution < 1.29 is 0 Å². The van der Waals surface area contributed by atoms with E-state index in [0.717, 1.165) is 17.3 Å². The van der Waals surface area contributed by atoms with E-state index in [-0.39, 0.29) is 0 Å². The van der Waals surface area contributed by atoms with Crippen LogP contribution in [0.15, 0.2) is 0 Å². The number of nitrogens with one attached hydrogen (secondary N) is 1. The van der Waals surface area contributed by atoms with Gasteiger partial charge in [0, 0.05) is 19.6 Å².